The topological polar surface area (TPSA) is 77.3 Å². The van der Waals surface area contributed by atoms with Crippen LogP contribution in [0.2, 0.25) is 0 Å². The first kappa shape index (κ1) is 16.0. The molecule has 6 heteroatoms. The Labute approximate surface area is 146 Å². The summed E-state index contributed by atoms with van der Waals surface area (Å²) in [7, 11) is 0. The van der Waals surface area contributed by atoms with Crippen molar-refractivity contribution in [2.45, 2.75) is 37.8 Å². The monoisotopic (exact) mass is 339 g/mol. The van der Waals surface area contributed by atoms with E-state index in [0.717, 1.165) is 25.0 Å². The van der Waals surface area contributed by atoms with Crippen molar-refractivity contribution in [3.05, 3.63) is 52.6 Å². The predicted molar refractivity (Wildman–Crippen MR) is 95.4 cm³/mol. The zero-order valence-electron chi connectivity index (χ0n) is 13.9. The fourth-order valence-electron chi connectivity index (χ4n) is 3.45. The Morgan fingerprint density at radius 3 is 2.64 bits per heavy atom. The van der Waals surface area contributed by atoms with E-state index in [4.69, 9.17) is 4.74 Å². The molecule has 4 rings (SSSR count). The molecule has 1 aliphatic heterocycles. The summed E-state index contributed by atoms with van der Waals surface area (Å²) in [6, 6.07) is 12.8. The SMILES string of the molecule is O=[N+]([O-])c1ccc(N[C@@H]2CCO[C@@H](C3CC3)C2)nc1-c1ccccc1. The van der Waals surface area contributed by atoms with Gasteiger partial charge in [-0.3, -0.25) is 10.1 Å². The summed E-state index contributed by atoms with van der Waals surface area (Å²) >= 11 is 0. The third-order valence-corrected chi connectivity index (χ3v) is 4.93. The Morgan fingerprint density at radius 1 is 1.12 bits per heavy atom. The number of hydrogen-bond acceptors (Lipinski definition) is 5. The summed E-state index contributed by atoms with van der Waals surface area (Å²) in [6.07, 6.45) is 4.79. The van der Waals surface area contributed by atoms with Crippen LogP contribution >= 0.6 is 0 Å². The molecule has 1 N–H and O–H groups in total. The Kier molecular flexibility index (Phi) is 4.36. The molecule has 2 heterocycles. The molecule has 0 spiro atoms. The molecule has 2 fully saturated rings. The van der Waals surface area contributed by atoms with E-state index >= 15 is 0 Å². The number of benzene rings is 1. The average molecular weight is 339 g/mol. The van der Waals surface area contributed by atoms with Crippen LogP contribution in [-0.4, -0.2) is 28.7 Å². The molecule has 0 amide bonds. The molecule has 130 valence electrons. The third-order valence-electron chi connectivity index (χ3n) is 4.93. The van der Waals surface area contributed by atoms with Crippen LogP contribution in [0.5, 0.6) is 0 Å². The van der Waals surface area contributed by atoms with E-state index in [1.807, 2.05) is 30.3 Å². The number of rotatable bonds is 5. The van der Waals surface area contributed by atoms with Gasteiger partial charge in [0, 0.05) is 24.3 Å². The van der Waals surface area contributed by atoms with Gasteiger partial charge in [0.25, 0.3) is 5.69 Å². The normalized spacial score (nSPS) is 23.2. The predicted octanol–water partition coefficient (Wildman–Crippen LogP) is 4.03. The first-order valence-corrected chi connectivity index (χ1v) is 8.79. The number of pyridine rings is 1. The van der Waals surface area contributed by atoms with Gasteiger partial charge in [-0.15, -0.1) is 0 Å². The number of aromatic nitrogens is 1. The van der Waals surface area contributed by atoms with Crippen molar-refractivity contribution in [3.63, 3.8) is 0 Å². The lowest BCUT2D eigenvalue weighted by Crippen LogP contribution is -2.35. The lowest BCUT2D eigenvalue weighted by molar-refractivity contribution is -0.384. The van der Waals surface area contributed by atoms with Crippen LogP contribution in [0.1, 0.15) is 25.7 Å². The second-order valence-corrected chi connectivity index (χ2v) is 6.80. The van der Waals surface area contributed by atoms with Crippen molar-refractivity contribution in [1.29, 1.82) is 0 Å². The Balaban J connectivity index is 1.57. The summed E-state index contributed by atoms with van der Waals surface area (Å²) in [5.41, 5.74) is 1.18. The highest BCUT2D eigenvalue weighted by Gasteiger charge is 2.36. The van der Waals surface area contributed by atoms with Crippen molar-refractivity contribution in [2.24, 2.45) is 5.92 Å². The van der Waals surface area contributed by atoms with Crippen LogP contribution in [0.3, 0.4) is 0 Å². The smallest absolute Gasteiger partial charge is 0.295 e. The van der Waals surface area contributed by atoms with Gasteiger partial charge in [-0.05, 0) is 37.7 Å². The van der Waals surface area contributed by atoms with E-state index in [0.29, 0.717) is 29.6 Å². The summed E-state index contributed by atoms with van der Waals surface area (Å²) in [5.74, 6) is 1.40. The fraction of sp³-hybridized carbons (Fsp3) is 0.421. The first-order valence-electron chi connectivity index (χ1n) is 8.79. The van der Waals surface area contributed by atoms with Crippen molar-refractivity contribution in [3.8, 4) is 11.3 Å². The molecule has 1 aromatic carbocycles. The van der Waals surface area contributed by atoms with E-state index in [1.54, 1.807) is 6.07 Å². The lowest BCUT2D eigenvalue weighted by atomic mass is 10.00. The van der Waals surface area contributed by atoms with Gasteiger partial charge in [-0.25, -0.2) is 4.98 Å². The maximum Gasteiger partial charge on any atom is 0.295 e. The molecule has 6 nitrogen and oxygen atoms in total. The molecule has 1 aromatic heterocycles. The summed E-state index contributed by atoms with van der Waals surface area (Å²) in [6.45, 7) is 0.761. The van der Waals surface area contributed by atoms with Gasteiger partial charge in [0.05, 0.1) is 11.0 Å². The van der Waals surface area contributed by atoms with Crippen molar-refractivity contribution in [1.82, 2.24) is 4.98 Å². The molecule has 25 heavy (non-hydrogen) atoms. The van der Waals surface area contributed by atoms with Crippen molar-refractivity contribution >= 4 is 11.5 Å². The first-order chi connectivity index (χ1) is 12.2. The van der Waals surface area contributed by atoms with Gasteiger partial charge < -0.3 is 10.1 Å². The second kappa shape index (κ2) is 6.80. The average Bonchev–Trinajstić information content (AvgIpc) is 3.48. The van der Waals surface area contributed by atoms with Crippen LogP contribution in [0, 0.1) is 16.0 Å². The van der Waals surface area contributed by atoms with Gasteiger partial charge in [0.1, 0.15) is 5.82 Å². The fourth-order valence-corrected chi connectivity index (χ4v) is 3.45. The second-order valence-electron chi connectivity index (χ2n) is 6.80. The molecule has 1 saturated heterocycles. The highest BCUT2D eigenvalue weighted by atomic mass is 16.6. The van der Waals surface area contributed by atoms with Gasteiger partial charge >= 0.3 is 0 Å². The summed E-state index contributed by atoms with van der Waals surface area (Å²) in [4.78, 5) is 15.5. The van der Waals surface area contributed by atoms with Crippen LogP contribution in [-0.2, 0) is 4.74 Å². The van der Waals surface area contributed by atoms with Gasteiger partial charge in [-0.2, -0.15) is 0 Å². The van der Waals surface area contributed by atoms with Crippen LogP contribution < -0.4 is 5.32 Å². The summed E-state index contributed by atoms with van der Waals surface area (Å²) in [5, 5.41) is 14.8. The molecule has 2 aromatic rings. The van der Waals surface area contributed by atoms with Crippen molar-refractivity contribution < 1.29 is 9.66 Å². The number of hydrogen-bond donors (Lipinski definition) is 1. The molecular formula is C19H21N3O3. The van der Waals surface area contributed by atoms with Gasteiger partial charge in [0.2, 0.25) is 0 Å². The van der Waals surface area contributed by atoms with Crippen LogP contribution in [0.25, 0.3) is 11.3 Å². The van der Waals surface area contributed by atoms with E-state index < -0.39 is 0 Å². The number of nitrogens with zero attached hydrogens (tertiary/aromatic N) is 2. The van der Waals surface area contributed by atoms with E-state index in [9.17, 15) is 10.1 Å². The Hall–Kier alpha value is -2.47. The van der Waals surface area contributed by atoms with Gasteiger partial charge in [-0.1, -0.05) is 30.3 Å². The number of ether oxygens (including phenoxy) is 1. The Morgan fingerprint density at radius 2 is 1.92 bits per heavy atom. The minimum Gasteiger partial charge on any atom is -0.378 e. The molecule has 2 aliphatic rings. The van der Waals surface area contributed by atoms with Crippen molar-refractivity contribution in [2.75, 3.05) is 11.9 Å². The molecule has 0 unspecified atom stereocenters. The quantitative estimate of drug-likeness (QED) is 0.657. The zero-order valence-corrected chi connectivity index (χ0v) is 13.9. The minimum atomic E-state index is -0.378. The number of anilines is 1. The van der Waals surface area contributed by atoms with Crippen LogP contribution in [0.15, 0.2) is 42.5 Å². The maximum atomic E-state index is 11.3. The third kappa shape index (κ3) is 3.64. The van der Waals surface area contributed by atoms with Crippen LogP contribution in [0.4, 0.5) is 11.5 Å². The van der Waals surface area contributed by atoms with E-state index in [1.165, 1.54) is 18.9 Å². The zero-order chi connectivity index (χ0) is 17.2. The molecular weight excluding hydrogens is 318 g/mol. The maximum absolute atomic E-state index is 11.3. The lowest BCUT2D eigenvalue weighted by Gasteiger charge is -2.30. The number of nitrogens with one attached hydrogen (secondary N) is 1. The highest BCUT2D eigenvalue weighted by molar-refractivity contribution is 5.71. The summed E-state index contributed by atoms with van der Waals surface area (Å²) < 4.78 is 5.86. The Bertz CT molecular complexity index is 762. The van der Waals surface area contributed by atoms with E-state index in [-0.39, 0.29) is 10.6 Å². The molecule has 0 radical (unpaired) electrons. The largest absolute Gasteiger partial charge is 0.378 e. The highest BCUT2D eigenvalue weighted by Crippen LogP contribution is 2.38. The molecule has 0 bridgehead atoms. The standard InChI is InChI=1S/C19H21N3O3/c23-22(24)16-8-9-18(21-19(16)14-4-2-1-3-5-14)20-15-10-11-25-17(12-15)13-6-7-13/h1-5,8-9,13,15,17H,6-7,10-12H2,(H,20,21)/t15-,17-/m1/s1. The van der Waals surface area contributed by atoms with E-state index in [2.05, 4.69) is 10.3 Å². The molecule has 1 saturated carbocycles. The molecule has 2 atom stereocenters. The van der Waals surface area contributed by atoms with Gasteiger partial charge in [0.15, 0.2) is 5.69 Å². The number of nitro groups is 1. The molecule has 1 aliphatic carbocycles. The minimum absolute atomic E-state index is 0.0274.